The highest BCUT2D eigenvalue weighted by molar-refractivity contribution is 5.85. The third-order valence-electron chi connectivity index (χ3n) is 6.10. The van der Waals surface area contributed by atoms with Crippen molar-refractivity contribution in [3.05, 3.63) is 112 Å². The molecule has 4 aromatic carbocycles. The molecule has 1 N–H and O–H groups in total. The molecule has 0 fully saturated rings. The standard InChI is InChI=1S/C29H22F3NO4/c1-33(16-18-7-3-2-4-8-18)17-23-24(34)14-13-22-25(35)27(28(29(30,31)32)37-26(22)23)36-21-12-11-19-9-5-6-10-20(19)15-21/h2-15,34H,16-17H2,1H3. The number of nitrogens with one attached hydrogen (secondary N) is 1. The van der Waals surface area contributed by atoms with Crippen LogP contribution in [-0.4, -0.2) is 7.05 Å². The van der Waals surface area contributed by atoms with E-state index in [0.717, 1.165) is 21.2 Å². The van der Waals surface area contributed by atoms with Gasteiger partial charge in [0.2, 0.25) is 11.2 Å². The minimum atomic E-state index is -5.03. The number of rotatable bonds is 6. The second-order valence-electron chi connectivity index (χ2n) is 8.91. The lowest BCUT2D eigenvalue weighted by Gasteiger charge is -2.21. The number of hydrogen-bond acceptors (Lipinski definition) is 4. The Hall–Kier alpha value is -4.30. The van der Waals surface area contributed by atoms with Crippen molar-refractivity contribution in [2.24, 2.45) is 0 Å². The van der Waals surface area contributed by atoms with Crippen LogP contribution in [0.2, 0.25) is 0 Å². The molecular weight excluding hydrogens is 483 g/mol. The summed E-state index contributed by atoms with van der Waals surface area (Å²) in [6.45, 7) is 0.590. The van der Waals surface area contributed by atoms with Crippen LogP contribution in [-0.2, 0) is 19.3 Å². The van der Waals surface area contributed by atoms with Crippen LogP contribution in [0.3, 0.4) is 0 Å². The fraction of sp³-hybridized carbons (Fsp3) is 0.138. The van der Waals surface area contributed by atoms with Crippen molar-refractivity contribution in [2.75, 3.05) is 7.05 Å². The lowest BCUT2D eigenvalue weighted by atomic mass is 10.1. The maximum absolute atomic E-state index is 14.1. The molecule has 0 aliphatic rings. The summed E-state index contributed by atoms with van der Waals surface area (Å²) >= 11 is 0. The first-order chi connectivity index (χ1) is 17.7. The van der Waals surface area contributed by atoms with Crippen LogP contribution in [0, 0.1) is 0 Å². The fourth-order valence-corrected chi connectivity index (χ4v) is 4.38. The van der Waals surface area contributed by atoms with Gasteiger partial charge in [-0.25, -0.2) is 0 Å². The number of ether oxygens (including phenoxy) is 1. The van der Waals surface area contributed by atoms with Crippen molar-refractivity contribution in [1.29, 1.82) is 0 Å². The molecule has 1 aromatic heterocycles. The van der Waals surface area contributed by atoms with Gasteiger partial charge in [-0.1, -0.05) is 72.5 Å². The molecule has 5 aromatic rings. The predicted octanol–water partition coefficient (Wildman–Crippen LogP) is 5.05. The fourth-order valence-electron chi connectivity index (χ4n) is 4.38. The zero-order valence-corrected chi connectivity index (χ0v) is 19.8. The SMILES string of the molecule is C[NH+](Cc1ccccc1)Cc1c([O-])ccc2c(=O)c(Oc3ccc4ccccc4c3)c(C(F)(F)F)oc12. The first kappa shape index (κ1) is 24.4. The van der Waals surface area contributed by atoms with Gasteiger partial charge in [-0.15, -0.1) is 0 Å². The summed E-state index contributed by atoms with van der Waals surface area (Å²) in [5.41, 5.74) is -0.367. The molecule has 0 spiro atoms. The van der Waals surface area contributed by atoms with Gasteiger partial charge in [-0.3, -0.25) is 4.79 Å². The normalized spacial score (nSPS) is 12.6. The summed E-state index contributed by atoms with van der Waals surface area (Å²) in [5.74, 6) is -2.99. The van der Waals surface area contributed by atoms with E-state index in [1.807, 2.05) is 49.5 Å². The van der Waals surface area contributed by atoms with Gasteiger partial charge < -0.3 is 19.2 Å². The van der Waals surface area contributed by atoms with E-state index in [9.17, 15) is 23.1 Å². The van der Waals surface area contributed by atoms with Crippen molar-refractivity contribution in [3.63, 3.8) is 0 Å². The van der Waals surface area contributed by atoms with E-state index in [4.69, 9.17) is 9.15 Å². The van der Waals surface area contributed by atoms with Crippen LogP contribution in [0.25, 0.3) is 21.7 Å². The second-order valence-corrected chi connectivity index (χ2v) is 8.91. The molecule has 0 radical (unpaired) electrons. The van der Waals surface area contributed by atoms with Gasteiger partial charge in [0, 0.05) is 11.1 Å². The average molecular weight is 505 g/mol. The number of benzene rings is 4. The zero-order valence-electron chi connectivity index (χ0n) is 19.8. The van der Waals surface area contributed by atoms with Crippen LogP contribution in [0.4, 0.5) is 13.2 Å². The molecule has 188 valence electrons. The molecule has 5 rings (SSSR count). The average Bonchev–Trinajstić information content (AvgIpc) is 2.87. The van der Waals surface area contributed by atoms with Gasteiger partial charge in [-0.2, -0.15) is 13.2 Å². The van der Waals surface area contributed by atoms with E-state index in [-0.39, 0.29) is 28.8 Å². The number of alkyl halides is 3. The minimum Gasteiger partial charge on any atom is -0.872 e. The van der Waals surface area contributed by atoms with Crippen molar-refractivity contribution in [3.8, 4) is 17.2 Å². The van der Waals surface area contributed by atoms with Gasteiger partial charge in [0.1, 0.15) is 24.4 Å². The summed E-state index contributed by atoms with van der Waals surface area (Å²) < 4.78 is 53.1. The Morgan fingerprint density at radius 2 is 1.59 bits per heavy atom. The Labute approximate surface area is 209 Å². The van der Waals surface area contributed by atoms with Crippen molar-refractivity contribution in [1.82, 2.24) is 0 Å². The van der Waals surface area contributed by atoms with Crippen LogP contribution in [0.5, 0.6) is 17.2 Å². The molecule has 1 unspecified atom stereocenters. The maximum atomic E-state index is 14.1. The molecular formula is C29H22F3NO4. The van der Waals surface area contributed by atoms with E-state index in [1.165, 1.54) is 18.2 Å². The number of quaternary nitrogens is 1. The molecule has 37 heavy (non-hydrogen) atoms. The Morgan fingerprint density at radius 1 is 0.892 bits per heavy atom. The molecule has 0 aliphatic carbocycles. The Morgan fingerprint density at radius 3 is 2.32 bits per heavy atom. The van der Waals surface area contributed by atoms with E-state index >= 15 is 0 Å². The minimum absolute atomic E-state index is 0.00536. The molecule has 1 atom stereocenters. The highest BCUT2D eigenvalue weighted by Crippen LogP contribution is 2.39. The monoisotopic (exact) mass is 505 g/mol. The topological polar surface area (TPSA) is 66.9 Å². The number of halogens is 3. The summed E-state index contributed by atoms with van der Waals surface area (Å²) in [6.07, 6.45) is -5.03. The van der Waals surface area contributed by atoms with E-state index in [0.29, 0.717) is 6.54 Å². The summed E-state index contributed by atoms with van der Waals surface area (Å²) in [7, 11) is 1.81. The molecule has 0 aliphatic heterocycles. The first-order valence-corrected chi connectivity index (χ1v) is 11.6. The van der Waals surface area contributed by atoms with Gasteiger partial charge in [0.05, 0.1) is 12.4 Å². The van der Waals surface area contributed by atoms with E-state index in [2.05, 4.69) is 0 Å². The van der Waals surface area contributed by atoms with Crippen molar-refractivity contribution < 1.29 is 32.3 Å². The Bertz CT molecular complexity index is 1650. The van der Waals surface area contributed by atoms with Crippen molar-refractivity contribution in [2.45, 2.75) is 19.3 Å². The Kier molecular flexibility index (Phi) is 6.35. The van der Waals surface area contributed by atoms with Gasteiger partial charge >= 0.3 is 6.18 Å². The van der Waals surface area contributed by atoms with Crippen LogP contribution >= 0.6 is 0 Å². The smallest absolute Gasteiger partial charge is 0.453 e. The van der Waals surface area contributed by atoms with Gasteiger partial charge in [-0.05, 0) is 29.0 Å². The molecule has 8 heteroatoms. The van der Waals surface area contributed by atoms with Gasteiger partial charge in [0.25, 0.3) is 5.76 Å². The van der Waals surface area contributed by atoms with Gasteiger partial charge in [0.15, 0.2) is 0 Å². The highest BCUT2D eigenvalue weighted by atomic mass is 19.4. The third-order valence-corrected chi connectivity index (χ3v) is 6.10. The van der Waals surface area contributed by atoms with Crippen LogP contribution < -0.4 is 20.2 Å². The molecule has 1 heterocycles. The molecule has 0 amide bonds. The highest BCUT2D eigenvalue weighted by Gasteiger charge is 2.41. The lowest BCUT2D eigenvalue weighted by molar-refractivity contribution is -0.907. The van der Waals surface area contributed by atoms with E-state index < -0.39 is 28.9 Å². The van der Waals surface area contributed by atoms with E-state index in [1.54, 1.807) is 24.3 Å². The number of fused-ring (bicyclic) bond motifs is 2. The first-order valence-electron chi connectivity index (χ1n) is 11.6. The third kappa shape index (κ3) is 5.01. The quantitative estimate of drug-likeness (QED) is 0.351. The molecule has 0 saturated carbocycles. The van der Waals surface area contributed by atoms with Crippen molar-refractivity contribution >= 4 is 21.7 Å². The molecule has 0 saturated heterocycles. The largest absolute Gasteiger partial charge is 0.872 e. The lowest BCUT2D eigenvalue weighted by Crippen LogP contribution is -3.06. The maximum Gasteiger partial charge on any atom is 0.453 e. The van der Waals surface area contributed by atoms with Crippen LogP contribution in [0.1, 0.15) is 16.9 Å². The summed E-state index contributed by atoms with van der Waals surface area (Å²) in [5, 5.41) is 14.2. The zero-order chi connectivity index (χ0) is 26.2. The summed E-state index contributed by atoms with van der Waals surface area (Å²) in [6, 6.07) is 23.8. The predicted molar refractivity (Wildman–Crippen MR) is 132 cm³/mol. The van der Waals surface area contributed by atoms with Crippen LogP contribution in [0.15, 0.2) is 94.1 Å². The number of hydrogen-bond donors (Lipinski definition) is 1. The Balaban J connectivity index is 1.59. The summed E-state index contributed by atoms with van der Waals surface area (Å²) in [4.78, 5) is 14.1. The molecule has 5 nitrogen and oxygen atoms in total. The molecule has 0 bridgehead atoms. The second kappa shape index (κ2) is 9.63.